The molecule has 0 atom stereocenters. The fraction of sp³-hybridized carbons (Fsp3) is 0. The molecule has 4 rings (SSSR count). The summed E-state index contributed by atoms with van der Waals surface area (Å²) in [4.78, 5) is 60.4. The number of non-ortho nitro benzene ring substituents is 4. The van der Waals surface area contributed by atoms with Gasteiger partial charge in [0.2, 0.25) is 0 Å². The van der Waals surface area contributed by atoms with Crippen LogP contribution in [0.2, 0.25) is 0 Å². The van der Waals surface area contributed by atoms with Crippen molar-refractivity contribution >= 4 is 46.3 Å². The molecular formula is C22H12N6O9. The largest absolute Gasteiger partial charge is 0.282 e. The number of aliphatic imine (C=N–C) groups is 1. The predicted octanol–water partition coefficient (Wildman–Crippen LogP) is 4.15. The van der Waals surface area contributed by atoms with E-state index in [2.05, 4.69) is 4.99 Å². The van der Waals surface area contributed by atoms with Crippen LogP contribution in [0.4, 0.5) is 28.4 Å². The number of nitro benzene ring substituents is 4. The Morgan fingerprint density at radius 3 is 1.57 bits per heavy atom. The number of rotatable bonds is 7. The smallest absolute Gasteiger partial charge is 0.266 e. The van der Waals surface area contributed by atoms with Crippen molar-refractivity contribution in [1.29, 1.82) is 0 Å². The fourth-order valence-corrected chi connectivity index (χ4v) is 3.46. The van der Waals surface area contributed by atoms with E-state index < -0.39 is 37.0 Å². The first-order valence-electron chi connectivity index (χ1n) is 10.1. The minimum atomic E-state index is -0.836. The number of hydrogen-bond acceptors (Lipinski definition) is 10. The molecule has 0 radical (unpaired) electrons. The van der Waals surface area contributed by atoms with Crippen molar-refractivity contribution in [3.05, 3.63) is 124 Å². The second-order valence-corrected chi connectivity index (χ2v) is 7.48. The van der Waals surface area contributed by atoms with Gasteiger partial charge in [0.15, 0.2) is 0 Å². The number of carbonyl (C=O) groups excluding carboxylic acids is 1. The monoisotopic (exact) mass is 504 g/mol. The highest BCUT2D eigenvalue weighted by Gasteiger charge is 2.34. The molecule has 1 heterocycles. The average Bonchev–Trinajstić information content (AvgIpc) is 3.19. The normalized spacial score (nSPS) is 13.9. The number of anilines is 1. The van der Waals surface area contributed by atoms with Crippen molar-refractivity contribution in [3.8, 4) is 0 Å². The predicted molar refractivity (Wildman–Crippen MR) is 128 cm³/mol. The first-order chi connectivity index (χ1) is 17.5. The van der Waals surface area contributed by atoms with Gasteiger partial charge in [0.1, 0.15) is 11.5 Å². The lowest BCUT2D eigenvalue weighted by atomic mass is 10.1. The molecule has 0 unspecified atom stereocenters. The van der Waals surface area contributed by atoms with E-state index in [1.54, 1.807) is 0 Å². The summed E-state index contributed by atoms with van der Waals surface area (Å²) in [5.74, 6) is -0.935. The first kappa shape index (κ1) is 24.3. The number of nitrogens with zero attached hydrogens (tertiary/aromatic N) is 6. The first-order valence-corrected chi connectivity index (χ1v) is 10.1. The molecule has 3 aromatic carbocycles. The van der Waals surface area contributed by atoms with Crippen molar-refractivity contribution in [3.63, 3.8) is 0 Å². The fourth-order valence-electron chi connectivity index (χ4n) is 3.46. The van der Waals surface area contributed by atoms with Crippen LogP contribution in [0.3, 0.4) is 0 Å². The van der Waals surface area contributed by atoms with E-state index in [0.29, 0.717) is 5.56 Å². The maximum Gasteiger partial charge on any atom is 0.282 e. The number of nitro groups is 4. The number of hydrogen-bond donors (Lipinski definition) is 0. The van der Waals surface area contributed by atoms with E-state index in [1.807, 2.05) is 0 Å². The Labute approximate surface area is 205 Å². The molecule has 3 aromatic rings. The van der Waals surface area contributed by atoms with Crippen molar-refractivity contribution < 1.29 is 24.5 Å². The zero-order valence-corrected chi connectivity index (χ0v) is 18.3. The topological polar surface area (TPSA) is 205 Å². The van der Waals surface area contributed by atoms with Gasteiger partial charge >= 0.3 is 0 Å². The highest BCUT2D eigenvalue weighted by Crippen LogP contribution is 2.32. The van der Waals surface area contributed by atoms with Crippen LogP contribution in [0.5, 0.6) is 0 Å². The molecule has 0 fully saturated rings. The summed E-state index contributed by atoms with van der Waals surface area (Å²) in [7, 11) is 0. The number of amides is 1. The average molecular weight is 504 g/mol. The molecule has 0 saturated carbocycles. The van der Waals surface area contributed by atoms with Gasteiger partial charge in [-0.2, -0.15) is 0 Å². The van der Waals surface area contributed by atoms with Gasteiger partial charge in [0.25, 0.3) is 28.7 Å². The standard InChI is InChI=1S/C22H12N6O9/c29-22-20(9-13-1-3-16(4-2-13)25(30)31)23-21(24(22)15-5-7-17(8-6-15)26(32)33)14-10-18(27(34)35)12-19(11-14)28(36)37/h1-12H. The summed E-state index contributed by atoms with van der Waals surface area (Å²) in [6.45, 7) is 0. The van der Waals surface area contributed by atoms with Gasteiger partial charge in [0.05, 0.1) is 31.4 Å². The molecule has 15 nitrogen and oxygen atoms in total. The third-order valence-corrected chi connectivity index (χ3v) is 5.17. The van der Waals surface area contributed by atoms with Gasteiger partial charge < -0.3 is 0 Å². The minimum absolute atomic E-state index is 0.107. The number of amidine groups is 1. The summed E-state index contributed by atoms with van der Waals surface area (Å²) >= 11 is 0. The van der Waals surface area contributed by atoms with Crippen LogP contribution in [-0.2, 0) is 4.79 Å². The van der Waals surface area contributed by atoms with Gasteiger partial charge in [0, 0.05) is 42.0 Å². The van der Waals surface area contributed by atoms with E-state index in [1.165, 1.54) is 42.5 Å². The van der Waals surface area contributed by atoms with Crippen LogP contribution in [0, 0.1) is 40.5 Å². The summed E-state index contributed by atoms with van der Waals surface area (Å²) in [5.41, 5.74) is -1.51. The molecule has 15 heteroatoms. The molecule has 0 N–H and O–H groups in total. The summed E-state index contributed by atoms with van der Waals surface area (Å²) in [6.07, 6.45) is 1.31. The third kappa shape index (κ3) is 4.85. The highest BCUT2D eigenvalue weighted by atomic mass is 16.6. The van der Waals surface area contributed by atoms with E-state index >= 15 is 0 Å². The van der Waals surface area contributed by atoms with Gasteiger partial charge in [-0.1, -0.05) is 0 Å². The molecule has 184 valence electrons. The molecule has 0 aromatic heterocycles. The number of benzene rings is 3. The molecular weight excluding hydrogens is 492 g/mol. The van der Waals surface area contributed by atoms with Crippen molar-refractivity contribution in [2.24, 2.45) is 4.99 Å². The Balaban J connectivity index is 1.88. The van der Waals surface area contributed by atoms with E-state index in [-0.39, 0.29) is 34.2 Å². The van der Waals surface area contributed by atoms with Crippen LogP contribution in [0.1, 0.15) is 11.1 Å². The van der Waals surface area contributed by atoms with E-state index in [4.69, 9.17) is 0 Å². The SMILES string of the molecule is O=C1C(=Cc2ccc([N+](=O)[O-])cc2)N=C(c2cc([N+](=O)[O-])cc([N+](=O)[O-])c2)N1c1ccc([N+](=O)[O-])cc1. The molecule has 0 saturated heterocycles. The Kier molecular flexibility index (Phi) is 6.18. The van der Waals surface area contributed by atoms with Gasteiger partial charge in [-0.05, 0) is 35.9 Å². The summed E-state index contributed by atoms with van der Waals surface area (Å²) < 4.78 is 0. The van der Waals surface area contributed by atoms with E-state index in [0.717, 1.165) is 35.2 Å². The quantitative estimate of drug-likeness (QED) is 0.257. The zero-order valence-electron chi connectivity index (χ0n) is 18.3. The molecule has 0 bridgehead atoms. The summed E-state index contributed by atoms with van der Waals surface area (Å²) in [6, 6.07) is 12.7. The molecule has 37 heavy (non-hydrogen) atoms. The third-order valence-electron chi connectivity index (χ3n) is 5.17. The Morgan fingerprint density at radius 2 is 1.11 bits per heavy atom. The van der Waals surface area contributed by atoms with Crippen molar-refractivity contribution in [2.45, 2.75) is 0 Å². The maximum atomic E-state index is 13.4. The summed E-state index contributed by atoms with van der Waals surface area (Å²) in [5, 5.41) is 44.7. The van der Waals surface area contributed by atoms with Crippen LogP contribution in [0.25, 0.3) is 6.08 Å². The molecule has 0 spiro atoms. The van der Waals surface area contributed by atoms with Gasteiger partial charge in [-0.15, -0.1) is 0 Å². The number of carbonyl (C=O) groups is 1. The van der Waals surface area contributed by atoms with Crippen LogP contribution in [0.15, 0.2) is 77.4 Å². The van der Waals surface area contributed by atoms with Crippen molar-refractivity contribution in [1.82, 2.24) is 0 Å². The zero-order chi connectivity index (χ0) is 26.9. The van der Waals surface area contributed by atoms with Crippen LogP contribution in [-0.4, -0.2) is 31.4 Å². The lowest BCUT2D eigenvalue weighted by molar-refractivity contribution is -0.394. The van der Waals surface area contributed by atoms with Crippen LogP contribution < -0.4 is 4.90 Å². The van der Waals surface area contributed by atoms with Crippen LogP contribution >= 0.6 is 0 Å². The highest BCUT2D eigenvalue weighted by molar-refractivity contribution is 6.33. The van der Waals surface area contributed by atoms with E-state index in [9.17, 15) is 45.3 Å². The Bertz CT molecular complexity index is 1510. The lowest BCUT2D eigenvalue weighted by Crippen LogP contribution is -2.32. The lowest BCUT2D eigenvalue weighted by Gasteiger charge is -2.18. The molecule has 1 aliphatic heterocycles. The second kappa shape index (κ2) is 9.41. The molecule has 1 amide bonds. The molecule has 1 aliphatic rings. The second-order valence-electron chi connectivity index (χ2n) is 7.48. The Morgan fingerprint density at radius 1 is 0.649 bits per heavy atom. The maximum absolute atomic E-state index is 13.4. The molecule has 0 aliphatic carbocycles. The van der Waals surface area contributed by atoms with Gasteiger partial charge in [-0.25, -0.2) is 4.99 Å². The minimum Gasteiger partial charge on any atom is -0.266 e. The van der Waals surface area contributed by atoms with Crippen molar-refractivity contribution in [2.75, 3.05) is 4.90 Å². The van der Waals surface area contributed by atoms with Gasteiger partial charge in [-0.3, -0.25) is 50.2 Å². The Hall–Kier alpha value is -5.86.